The smallest absolute Gasteiger partial charge is 0.225 e. The Labute approximate surface area is 128 Å². The Morgan fingerprint density at radius 2 is 1.08 bits per heavy atom. The molecule has 0 fully saturated rings. The van der Waals surface area contributed by atoms with Crippen LogP contribution < -0.4 is 0 Å². The number of nitro groups is 2. The van der Waals surface area contributed by atoms with Crippen LogP contribution in [0.4, 0.5) is 11.9 Å². The van der Waals surface area contributed by atoms with Crippen LogP contribution >= 0.6 is 0 Å². The van der Waals surface area contributed by atoms with Crippen molar-refractivity contribution in [1.29, 1.82) is 0 Å². The summed E-state index contributed by atoms with van der Waals surface area (Å²) in [6.45, 7) is 0. The van der Waals surface area contributed by atoms with Gasteiger partial charge in [0.25, 0.3) is 0 Å². The predicted octanol–water partition coefficient (Wildman–Crippen LogP) is -0.769. The van der Waals surface area contributed by atoms with E-state index >= 15 is 0 Å². The van der Waals surface area contributed by atoms with E-state index in [9.17, 15) is 20.2 Å². The molecule has 18 heteroatoms. The number of rotatable bonds is 6. The quantitative estimate of drug-likeness (QED) is 0.416. The zero-order chi connectivity index (χ0) is 17.1. The van der Waals surface area contributed by atoms with Crippen LogP contribution in [0.3, 0.4) is 0 Å². The number of hydrogen-bond donors (Lipinski definition) is 2. The second-order valence-corrected chi connectivity index (χ2v) is 3.69. The highest BCUT2D eigenvalue weighted by Crippen LogP contribution is 2.17. The van der Waals surface area contributed by atoms with Crippen molar-refractivity contribution in [2.45, 2.75) is 0 Å². The summed E-state index contributed by atoms with van der Waals surface area (Å²) in [5, 5.41) is 44.7. The molecule has 2 N–H and O–H groups in total. The molecule has 0 bridgehead atoms. The van der Waals surface area contributed by atoms with E-state index in [2.05, 4.69) is 61.6 Å². The summed E-state index contributed by atoms with van der Waals surface area (Å²) in [6, 6.07) is 0. The standard InChI is InChI=1S/C6H2N14O4/c21-19(22)17-5-7-1(9-15-5)3-11-13-4(14-12-3)2-8-6(16-10-2)18-20(23)24/h(H2-2,7,8,9,10,15,16,17,18)/q-2. The molecule has 3 aromatic heterocycles. The Morgan fingerprint density at radius 1 is 0.708 bits per heavy atom. The lowest BCUT2D eigenvalue weighted by atomic mass is 10.5. The van der Waals surface area contributed by atoms with Crippen LogP contribution in [0, 0.1) is 20.2 Å². The molecular weight excluding hydrogens is 332 g/mol. The van der Waals surface area contributed by atoms with Gasteiger partial charge in [0.05, 0.1) is 0 Å². The highest BCUT2D eigenvalue weighted by Gasteiger charge is 2.10. The van der Waals surface area contributed by atoms with Crippen molar-refractivity contribution < 1.29 is 10.1 Å². The van der Waals surface area contributed by atoms with Crippen molar-refractivity contribution in [2.75, 3.05) is 0 Å². The van der Waals surface area contributed by atoms with Gasteiger partial charge in [-0.25, -0.2) is 30.4 Å². The summed E-state index contributed by atoms with van der Waals surface area (Å²) in [5.41, 5.74) is 5.81. The average molecular weight is 334 g/mol. The lowest BCUT2D eigenvalue weighted by molar-refractivity contribution is -0.419. The predicted molar refractivity (Wildman–Crippen MR) is 68.4 cm³/mol. The lowest BCUT2D eigenvalue weighted by Crippen LogP contribution is -2.01. The summed E-state index contributed by atoms with van der Waals surface area (Å²) >= 11 is 0. The van der Waals surface area contributed by atoms with Gasteiger partial charge in [-0.3, -0.25) is 0 Å². The first-order chi connectivity index (χ1) is 11.5. The van der Waals surface area contributed by atoms with Crippen molar-refractivity contribution in [2.24, 2.45) is 0 Å². The van der Waals surface area contributed by atoms with Crippen molar-refractivity contribution in [1.82, 2.24) is 50.8 Å². The van der Waals surface area contributed by atoms with E-state index in [4.69, 9.17) is 0 Å². The van der Waals surface area contributed by atoms with E-state index in [-0.39, 0.29) is 35.2 Å². The molecule has 0 saturated carbocycles. The molecule has 3 aromatic rings. The molecule has 0 atom stereocenters. The van der Waals surface area contributed by atoms with Crippen molar-refractivity contribution >= 4 is 11.9 Å². The molecule has 0 amide bonds. The fourth-order valence-electron chi connectivity index (χ4n) is 1.36. The molecule has 0 aromatic carbocycles. The van der Waals surface area contributed by atoms with E-state index < -0.39 is 10.1 Å². The molecule has 24 heavy (non-hydrogen) atoms. The molecule has 0 aliphatic carbocycles. The maximum atomic E-state index is 10.2. The molecule has 0 aliphatic heterocycles. The van der Waals surface area contributed by atoms with Gasteiger partial charge in [0.2, 0.25) is 11.6 Å². The third kappa shape index (κ3) is 3.10. The SMILES string of the molecule is O=[N+]([O-])[N-]c1nc(-c2nnc(-c3n[nH]c([N-][N+](=O)[O-])n3)nn2)n[nH]1. The first-order valence-corrected chi connectivity index (χ1v) is 5.66. The molecule has 18 nitrogen and oxygen atoms in total. The van der Waals surface area contributed by atoms with Gasteiger partial charge in [-0.2, -0.15) is 0 Å². The van der Waals surface area contributed by atoms with Gasteiger partial charge in [0.1, 0.15) is 33.6 Å². The second-order valence-electron chi connectivity index (χ2n) is 3.69. The van der Waals surface area contributed by atoms with Crippen molar-refractivity contribution in [3.63, 3.8) is 0 Å². The number of nitrogens with zero attached hydrogens (tertiary/aromatic N) is 12. The monoisotopic (exact) mass is 334 g/mol. The maximum absolute atomic E-state index is 10.2. The number of aromatic amines is 2. The molecule has 3 rings (SSSR count). The molecule has 0 spiro atoms. The van der Waals surface area contributed by atoms with Gasteiger partial charge >= 0.3 is 0 Å². The molecule has 3 heterocycles. The third-order valence-corrected chi connectivity index (χ3v) is 2.18. The van der Waals surface area contributed by atoms with Gasteiger partial charge in [-0.1, -0.05) is 10.9 Å². The van der Waals surface area contributed by atoms with Gasteiger partial charge < -0.3 is 20.2 Å². The van der Waals surface area contributed by atoms with Crippen LogP contribution in [0.5, 0.6) is 0 Å². The van der Waals surface area contributed by atoms with Crippen molar-refractivity contribution in [3.8, 4) is 23.3 Å². The molecule has 122 valence electrons. The van der Waals surface area contributed by atoms with Crippen LogP contribution in [0.15, 0.2) is 0 Å². The molecular formula is C6H2N14O4-2. The third-order valence-electron chi connectivity index (χ3n) is 2.18. The number of aromatic nitrogens is 10. The zero-order valence-electron chi connectivity index (χ0n) is 11.0. The Kier molecular flexibility index (Phi) is 3.51. The van der Waals surface area contributed by atoms with E-state index in [1.807, 2.05) is 0 Å². The number of H-pyrrole nitrogens is 2. The molecule has 0 unspecified atom stereocenters. The molecule has 0 radical (unpaired) electrons. The van der Waals surface area contributed by atoms with Crippen LogP contribution in [0.2, 0.25) is 0 Å². The lowest BCUT2D eigenvalue weighted by Gasteiger charge is -1.97. The van der Waals surface area contributed by atoms with Crippen LogP contribution in [0.25, 0.3) is 34.1 Å². The maximum Gasteiger partial charge on any atom is 0.225 e. The van der Waals surface area contributed by atoms with Gasteiger partial charge in [-0.15, -0.1) is 20.4 Å². The average Bonchev–Trinajstić information content (AvgIpc) is 3.16. The largest absolute Gasteiger partial charge is 0.336 e. The van der Waals surface area contributed by atoms with Crippen LogP contribution in [-0.2, 0) is 0 Å². The van der Waals surface area contributed by atoms with Gasteiger partial charge in [-0.05, 0) is 0 Å². The van der Waals surface area contributed by atoms with Crippen LogP contribution in [0.1, 0.15) is 0 Å². The molecule has 0 saturated heterocycles. The second kappa shape index (κ2) is 5.78. The zero-order valence-corrected chi connectivity index (χ0v) is 11.0. The van der Waals surface area contributed by atoms with Gasteiger partial charge in [0.15, 0.2) is 0 Å². The minimum Gasteiger partial charge on any atom is -0.336 e. The molecule has 0 aliphatic rings. The summed E-state index contributed by atoms with van der Waals surface area (Å²) in [4.78, 5) is 27.7. The Hall–Kier alpha value is -4.38. The van der Waals surface area contributed by atoms with E-state index in [0.717, 1.165) is 0 Å². The highest BCUT2D eigenvalue weighted by atomic mass is 16.7. The van der Waals surface area contributed by atoms with E-state index in [1.165, 1.54) is 0 Å². The number of nitrogens with one attached hydrogen (secondary N) is 2. The minimum atomic E-state index is -0.957. The van der Waals surface area contributed by atoms with Gasteiger partial charge in [0, 0.05) is 0 Å². The number of hydrogen-bond acceptors (Lipinski definition) is 12. The Morgan fingerprint density at radius 3 is 1.42 bits per heavy atom. The summed E-state index contributed by atoms with van der Waals surface area (Å²) in [6.07, 6.45) is 0. The Bertz CT molecular complexity index is 810. The fourth-order valence-corrected chi connectivity index (χ4v) is 1.36. The Balaban J connectivity index is 1.77. The minimum absolute atomic E-state index is 0.124. The van der Waals surface area contributed by atoms with Crippen molar-refractivity contribution in [3.05, 3.63) is 31.1 Å². The first-order valence-electron chi connectivity index (χ1n) is 5.66. The summed E-state index contributed by atoms with van der Waals surface area (Å²) in [7, 11) is 0. The van der Waals surface area contributed by atoms with Crippen LogP contribution in [-0.4, -0.2) is 60.8 Å². The first kappa shape index (κ1) is 14.6. The van der Waals surface area contributed by atoms with E-state index in [1.54, 1.807) is 0 Å². The highest BCUT2D eigenvalue weighted by molar-refractivity contribution is 5.48. The normalized spacial score (nSPS) is 10.3. The fraction of sp³-hybridized carbons (Fsp3) is 0. The summed E-state index contributed by atoms with van der Waals surface area (Å²) < 4.78 is 0. The van der Waals surface area contributed by atoms with E-state index in [0.29, 0.717) is 0 Å². The summed E-state index contributed by atoms with van der Waals surface area (Å²) in [5.74, 6) is -1.26. The topological polar surface area (TPSA) is 249 Å².